The Balaban J connectivity index is 2.29. The summed E-state index contributed by atoms with van der Waals surface area (Å²) >= 11 is 9.37. The van der Waals surface area contributed by atoms with E-state index >= 15 is 0 Å². The molecule has 1 aromatic heterocycles. The molecule has 8 heteroatoms. The number of hydrogen-bond acceptors (Lipinski definition) is 5. The standard InChI is InChI=1S/C10H7BrN4OS2/c11-5-1-2-7(6(3-5)9(12)17)13-10(16)8-4-18-15-14-8/h1-4H,(H2,12,17)(H,13,16). The van der Waals surface area contributed by atoms with Crippen molar-refractivity contribution in [3.8, 4) is 0 Å². The highest BCUT2D eigenvalue weighted by molar-refractivity contribution is 9.10. The molecule has 0 spiro atoms. The van der Waals surface area contributed by atoms with Crippen molar-refractivity contribution in [1.29, 1.82) is 0 Å². The third-order valence-corrected chi connectivity index (χ3v) is 3.31. The summed E-state index contributed by atoms with van der Waals surface area (Å²) in [5, 5.41) is 7.95. The average molecular weight is 343 g/mol. The predicted molar refractivity (Wildman–Crippen MR) is 77.9 cm³/mol. The van der Waals surface area contributed by atoms with Gasteiger partial charge in [-0.2, -0.15) is 0 Å². The lowest BCUT2D eigenvalue weighted by Crippen LogP contribution is -2.18. The molecular formula is C10H7BrN4OS2. The van der Waals surface area contributed by atoms with Crippen LogP contribution < -0.4 is 11.1 Å². The smallest absolute Gasteiger partial charge is 0.277 e. The third kappa shape index (κ3) is 2.89. The Hall–Kier alpha value is -1.38. The fourth-order valence-corrected chi connectivity index (χ4v) is 2.25. The van der Waals surface area contributed by atoms with Crippen LogP contribution in [0.25, 0.3) is 0 Å². The summed E-state index contributed by atoms with van der Waals surface area (Å²) in [4.78, 5) is 12.0. The molecule has 92 valence electrons. The van der Waals surface area contributed by atoms with Crippen molar-refractivity contribution in [1.82, 2.24) is 9.59 Å². The minimum Gasteiger partial charge on any atom is -0.389 e. The Morgan fingerprint density at radius 3 is 2.89 bits per heavy atom. The van der Waals surface area contributed by atoms with E-state index in [2.05, 4.69) is 30.8 Å². The predicted octanol–water partition coefficient (Wildman–Crippen LogP) is 2.19. The molecule has 0 radical (unpaired) electrons. The Bertz CT molecular complexity index is 600. The minimum atomic E-state index is -0.344. The molecule has 3 N–H and O–H groups in total. The summed E-state index contributed by atoms with van der Waals surface area (Å²) in [5.41, 5.74) is 7.01. The van der Waals surface area contributed by atoms with Gasteiger partial charge in [0.2, 0.25) is 0 Å². The molecule has 0 saturated heterocycles. The summed E-state index contributed by atoms with van der Waals surface area (Å²) in [6.45, 7) is 0. The van der Waals surface area contributed by atoms with Crippen LogP contribution in [-0.4, -0.2) is 20.5 Å². The van der Waals surface area contributed by atoms with E-state index in [1.807, 2.05) is 0 Å². The van der Waals surface area contributed by atoms with E-state index in [4.69, 9.17) is 18.0 Å². The van der Waals surface area contributed by atoms with E-state index in [1.54, 1.807) is 23.6 Å². The first kappa shape index (κ1) is 13.1. The Morgan fingerprint density at radius 2 is 2.28 bits per heavy atom. The zero-order chi connectivity index (χ0) is 13.1. The number of carbonyl (C=O) groups excluding carboxylic acids is 1. The van der Waals surface area contributed by atoms with Gasteiger partial charge in [0, 0.05) is 15.4 Å². The summed E-state index contributed by atoms with van der Waals surface area (Å²) in [6.07, 6.45) is 0. The van der Waals surface area contributed by atoms with Crippen molar-refractivity contribution in [2.45, 2.75) is 0 Å². The number of rotatable bonds is 3. The summed E-state index contributed by atoms with van der Waals surface area (Å²) < 4.78 is 4.46. The number of nitrogens with zero attached hydrogens (tertiary/aromatic N) is 2. The molecule has 18 heavy (non-hydrogen) atoms. The molecule has 0 aliphatic carbocycles. The van der Waals surface area contributed by atoms with Gasteiger partial charge in [-0.1, -0.05) is 32.6 Å². The second-order valence-electron chi connectivity index (χ2n) is 3.30. The lowest BCUT2D eigenvalue weighted by atomic mass is 10.1. The quantitative estimate of drug-likeness (QED) is 0.835. The number of thiocarbonyl (C=S) groups is 1. The SMILES string of the molecule is NC(=S)c1cc(Br)ccc1NC(=O)c1csnn1. The van der Waals surface area contributed by atoms with Gasteiger partial charge in [-0.15, -0.1) is 5.10 Å². The Labute approximate surface area is 121 Å². The van der Waals surface area contributed by atoms with Crippen molar-refractivity contribution >= 4 is 56.3 Å². The molecule has 1 amide bonds. The lowest BCUT2D eigenvalue weighted by molar-refractivity contribution is 0.102. The van der Waals surface area contributed by atoms with Crippen LogP contribution in [0.15, 0.2) is 28.1 Å². The minimum absolute atomic E-state index is 0.211. The van der Waals surface area contributed by atoms with Crippen molar-refractivity contribution in [2.24, 2.45) is 5.73 Å². The van der Waals surface area contributed by atoms with Crippen LogP contribution in [0.3, 0.4) is 0 Å². The van der Waals surface area contributed by atoms with E-state index in [1.165, 1.54) is 0 Å². The van der Waals surface area contributed by atoms with E-state index in [-0.39, 0.29) is 16.6 Å². The van der Waals surface area contributed by atoms with E-state index in [0.717, 1.165) is 16.0 Å². The molecule has 0 atom stereocenters. The number of amides is 1. The van der Waals surface area contributed by atoms with E-state index in [9.17, 15) is 4.79 Å². The first-order chi connectivity index (χ1) is 8.58. The molecule has 0 unspecified atom stereocenters. The topological polar surface area (TPSA) is 80.9 Å². The number of halogens is 1. The molecule has 1 aromatic carbocycles. The number of nitrogens with two attached hydrogens (primary N) is 1. The van der Waals surface area contributed by atoms with Crippen molar-refractivity contribution in [2.75, 3.05) is 5.32 Å². The maximum atomic E-state index is 11.8. The lowest BCUT2D eigenvalue weighted by Gasteiger charge is -2.09. The van der Waals surface area contributed by atoms with Gasteiger partial charge in [0.05, 0.1) is 5.69 Å². The molecule has 0 fully saturated rings. The van der Waals surface area contributed by atoms with Gasteiger partial charge < -0.3 is 11.1 Å². The van der Waals surface area contributed by atoms with Gasteiger partial charge >= 0.3 is 0 Å². The van der Waals surface area contributed by atoms with Gasteiger partial charge in [0.1, 0.15) is 4.99 Å². The van der Waals surface area contributed by atoms with Crippen LogP contribution in [0.2, 0.25) is 0 Å². The van der Waals surface area contributed by atoms with Crippen molar-refractivity contribution in [3.63, 3.8) is 0 Å². The fraction of sp³-hybridized carbons (Fsp3) is 0. The first-order valence-corrected chi connectivity index (χ1v) is 6.79. The van der Waals surface area contributed by atoms with Gasteiger partial charge in [0.25, 0.3) is 5.91 Å². The molecule has 5 nitrogen and oxygen atoms in total. The monoisotopic (exact) mass is 342 g/mol. The third-order valence-electron chi connectivity index (χ3n) is 2.09. The van der Waals surface area contributed by atoms with Crippen LogP contribution in [0.4, 0.5) is 5.69 Å². The van der Waals surface area contributed by atoms with Crippen molar-refractivity contribution < 1.29 is 4.79 Å². The Morgan fingerprint density at radius 1 is 1.50 bits per heavy atom. The van der Waals surface area contributed by atoms with E-state index in [0.29, 0.717) is 11.3 Å². The van der Waals surface area contributed by atoms with Gasteiger partial charge in [-0.05, 0) is 29.7 Å². The molecule has 0 aliphatic rings. The Kier molecular flexibility index (Phi) is 4.00. The van der Waals surface area contributed by atoms with Crippen LogP contribution in [-0.2, 0) is 0 Å². The van der Waals surface area contributed by atoms with Crippen molar-refractivity contribution in [3.05, 3.63) is 39.3 Å². The second kappa shape index (κ2) is 5.51. The average Bonchev–Trinajstić information content (AvgIpc) is 2.84. The molecule has 2 aromatic rings. The number of carbonyl (C=O) groups is 1. The van der Waals surface area contributed by atoms with Crippen LogP contribution >= 0.6 is 39.7 Å². The number of nitrogens with one attached hydrogen (secondary N) is 1. The van der Waals surface area contributed by atoms with E-state index < -0.39 is 0 Å². The zero-order valence-corrected chi connectivity index (χ0v) is 12.1. The van der Waals surface area contributed by atoms with Crippen LogP contribution in [0.5, 0.6) is 0 Å². The summed E-state index contributed by atoms with van der Waals surface area (Å²) in [6, 6.07) is 5.25. The largest absolute Gasteiger partial charge is 0.389 e. The molecule has 0 aliphatic heterocycles. The van der Waals surface area contributed by atoms with Crippen LogP contribution in [0, 0.1) is 0 Å². The highest BCUT2D eigenvalue weighted by Crippen LogP contribution is 2.21. The molecule has 0 bridgehead atoms. The summed E-state index contributed by atoms with van der Waals surface area (Å²) in [5.74, 6) is -0.344. The fourth-order valence-electron chi connectivity index (χ4n) is 1.28. The number of benzene rings is 1. The first-order valence-electron chi connectivity index (χ1n) is 4.75. The number of aromatic nitrogens is 2. The maximum absolute atomic E-state index is 11.8. The van der Waals surface area contributed by atoms with Gasteiger partial charge in [-0.3, -0.25) is 4.79 Å². The second-order valence-corrected chi connectivity index (χ2v) is 5.26. The normalized spacial score (nSPS) is 10.1. The highest BCUT2D eigenvalue weighted by Gasteiger charge is 2.13. The number of hydrogen-bond donors (Lipinski definition) is 2. The number of anilines is 1. The molecule has 0 saturated carbocycles. The van der Waals surface area contributed by atoms with Crippen LogP contribution in [0.1, 0.15) is 16.1 Å². The maximum Gasteiger partial charge on any atom is 0.277 e. The highest BCUT2D eigenvalue weighted by atomic mass is 79.9. The molecule has 2 rings (SSSR count). The molecule has 1 heterocycles. The summed E-state index contributed by atoms with van der Waals surface area (Å²) in [7, 11) is 0. The van der Waals surface area contributed by atoms with Gasteiger partial charge in [-0.25, -0.2) is 0 Å². The zero-order valence-electron chi connectivity index (χ0n) is 8.88. The molecular weight excluding hydrogens is 336 g/mol. The van der Waals surface area contributed by atoms with Gasteiger partial charge in [0.15, 0.2) is 5.69 Å².